The summed E-state index contributed by atoms with van der Waals surface area (Å²) in [5.74, 6) is 1.36. The van der Waals surface area contributed by atoms with Crippen LogP contribution in [0.3, 0.4) is 0 Å². The number of nitrogen functional groups attached to an aromatic ring is 2. The summed E-state index contributed by atoms with van der Waals surface area (Å²) in [6, 6.07) is 7.89. The normalized spacial score (nSPS) is 11.4. The summed E-state index contributed by atoms with van der Waals surface area (Å²) in [6.07, 6.45) is 0. The van der Waals surface area contributed by atoms with Crippen molar-refractivity contribution in [2.75, 3.05) is 11.5 Å². The molecule has 4 nitrogen and oxygen atoms in total. The summed E-state index contributed by atoms with van der Waals surface area (Å²) in [7, 11) is 0. The third-order valence-electron chi connectivity index (χ3n) is 2.40. The van der Waals surface area contributed by atoms with Crippen LogP contribution in [0.4, 0.5) is 11.6 Å². The molecule has 0 aliphatic rings. The van der Waals surface area contributed by atoms with Crippen molar-refractivity contribution in [1.29, 1.82) is 0 Å². The van der Waals surface area contributed by atoms with Crippen molar-refractivity contribution in [2.45, 2.75) is 0 Å². The molecule has 0 spiro atoms. The van der Waals surface area contributed by atoms with Gasteiger partial charge in [0.1, 0.15) is 11.6 Å². The lowest BCUT2D eigenvalue weighted by molar-refractivity contribution is 1.47. The van der Waals surface area contributed by atoms with E-state index in [1.807, 2.05) is 24.3 Å². The van der Waals surface area contributed by atoms with Crippen LogP contribution in [0.25, 0.3) is 21.8 Å². The number of hydrogen-bond acceptors (Lipinski definition) is 2. The molecular formula is C10H10N4. The first kappa shape index (κ1) is 7.32. The molecule has 3 aromatic rings. The molecule has 0 radical (unpaired) electrons. The molecule has 0 bridgehead atoms. The standard InChI is InChI=1S/C10H10N4/c11-9-3-5-1-7-6(2-8(5)14-9)4-10(12)13-7/h1-4,13-14H,11-12H2. The molecule has 0 saturated carbocycles. The van der Waals surface area contributed by atoms with Gasteiger partial charge in [-0.2, -0.15) is 0 Å². The van der Waals surface area contributed by atoms with Gasteiger partial charge in [-0.1, -0.05) is 0 Å². The van der Waals surface area contributed by atoms with Crippen molar-refractivity contribution in [3.8, 4) is 0 Å². The monoisotopic (exact) mass is 186 g/mol. The van der Waals surface area contributed by atoms with Gasteiger partial charge in [0.2, 0.25) is 0 Å². The highest BCUT2D eigenvalue weighted by molar-refractivity contribution is 5.98. The highest BCUT2D eigenvalue weighted by Gasteiger charge is 2.02. The third kappa shape index (κ3) is 0.877. The van der Waals surface area contributed by atoms with Crippen molar-refractivity contribution < 1.29 is 0 Å². The van der Waals surface area contributed by atoms with Crippen molar-refractivity contribution in [3.05, 3.63) is 24.3 Å². The SMILES string of the molecule is Nc1cc2cc3[nH]c(N)cc3cc2[nH]1. The number of H-pyrrole nitrogens is 2. The highest BCUT2D eigenvalue weighted by Crippen LogP contribution is 2.24. The molecule has 0 fully saturated rings. The predicted molar refractivity (Wildman–Crippen MR) is 59.0 cm³/mol. The number of nitrogens with one attached hydrogen (secondary N) is 2. The number of aromatic amines is 2. The van der Waals surface area contributed by atoms with Crippen LogP contribution in [-0.2, 0) is 0 Å². The molecule has 6 N–H and O–H groups in total. The Bertz CT molecular complexity index is 515. The van der Waals surface area contributed by atoms with Crippen molar-refractivity contribution in [1.82, 2.24) is 9.97 Å². The number of anilines is 2. The Hall–Kier alpha value is -2.10. The molecule has 3 rings (SSSR count). The third-order valence-corrected chi connectivity index (χ3v) is 2.40. The van der Waals surface area contributed by atoms with Gasteiger partial charge in [0.05, 0.1) is 0 Å². The lowest BCUT2D eigenvalue weighted by Crippen LogP contribution is -1.80. The first-order valence-corrected chi connectivity index (χ1v) is 4.39. The number of nitrogens with two attached hydrogens (primary N) is 2. The van der Waals surface area contributed by atoms with Crippen LogP contribution in [0.2, 0.25) is 0 Å². The topological polar surface area (TPSA) is 83.6 Å². The fraction of sp³-hybridized carbons (Fsp3) is 0. The van der Waals surface area contributed by atoms with Gasteiger partial charge in [0.25, 0.3) is 0 Å². The van der Waals surface area contributed by atoms with E-state index in [-0.39, 0.29) is 0 Å². The van der Waals surface area contributed by atoms with Gasteiger partial charge in [-0.25, -0.2) is 0 Å². The zero-order chi connectivity index (χ0) is 9.71. The van der Waals surface area contributed by atoms with E-state index < -0.39 is 0 Å². The Morgan fingerprint density at radius 3 is 1.57 bits per heavy atom. The van der Waals surface area contributed by atoms with Gasteiger partial charge in [-0.05, 0) is 24.3 Å². The number of benzene rings is 1. The lowest BCUT2D eigenvalue weighted by Gasteiger charge is -1.90. The Kier molecular flexibility index (Phi) is 1.16. The highest BCUT2D eigenvalue weighted by atomic mass is 14.9. The molecule has 70 valence electrons. The van der Waals surface area contributed by atoms with E-state index >= 15 is 0 Å². The maximum absolute atomic E-state index is 5.66. The fourth-order valence-corrected chi connectivity index (χ4v) is 1.81. The molecule has 0 atom stereocenters. The summed E-state index contributed by atoms with van der Waals surface area (Å²) in [4.78, 5) is 6.17. The number of aromatic nitrogens is 2. The second-order valence-electron chi connectivity index (χ2n) is 3.48. The van der Waals surface area contributed by atoms with Gasteiger partial charge in [0.15, 0.2) is 0 Å². The van der Waals surface area contributed by atoms with Crippen LogP contribution in [0.5, 0.6) is 0 Å². The Balaban J connectivity index is 2.49. The first-order chi connectivity index (χ1) is 6.72. The maximum Gasteiger partial charge on any atom is 0.101 e. The minimum Gasteiger partial charge on any atom is -0.385 e. The Morgan fingerprint density at radius 2 is 1.14 bits per heavy atom. The van der Waals surface area contributed by atoms with Gasteiger partial charge < -0.3 is 21.4 Å². The minimum absolute atomic E-state index is 0.681. The van der Waals surface area contributed by atoms with Crippen LogP contribution in [0.15, 0.2) is 24.3 Å². The van der Waals surface area contributed by atoms with E-state index in [9.17, 15) is 0 Å². The predicted octanol–water partition coefficient (Wildman–Crippen LogP) is 1.81. The van der Waals surface area contributed by atoms with Gasteiger partial charge in [-0.3, -0.25) is 0 Å². The minimum atomic E-state index is 0.681. The molecule has 14 heavy (non-hydrogen) atoms. The van der Waals surface area contributed by atoms with E-state index in [1.54, 1.807) is 0 Å². The van der Waals surface area contributed by atoms with Crippen molar-refractivity contribution in [3.63, 3.8) is 0 Å². The molecular weight excluding hydrogens is 176 g/mol. The van der Waals surface area contributed by atoms with Crippen LogP contribution in [0, 0.1) is 0 Å². The smallest absolute Gasteiger partial charge is 0.101 e. The molecule has 2 aromatic heterocycles. The van der Waals surface area contributed by atoms with Crippen LogP contribution < -0.4 is 11.5 Å². The Morgan fingerprint density at radius 1 is 0.714 bits per heavy atom. The molecule has 0 saturated heterocycles. The van der Waals surface area contributed by atoms with E-state index in [1.165, 1.54) is 0 Å². The lowest BCUT2D eigenvalue weighted by atomic mass is 10.2. The maximum atomic E-state index is 5.66. The first-order valence-electron chi connectivity index (χ1n) is 4.39. The van der Waals surface area contributed by atoms with Crippen LogP contribution >= 0.6 is 0 Å². The largest absolute Gasteiger partial charge is 0.385 e. The Labute approximate surface area is 79.9 Å². The van der Waals surface area contributed by atoms with E-state index in [2.05, 4.69) is 9.97 Å². The molecule has 0 aliphatic carbocycles. The second kappa shape index (κ2) is 2.23. The van der Waals surface area contributed by atoms with Crippen LogP contribution in [0.1, 0.15) is 0 Å². The molecule has 0 unspecified atom stereocenters. The van der Waals surface area contributed by atoms with Gasteiger partial charge in [-0.15, -0.1) is 0 Å². The van der Waals surface area contributed by atoms with E-state index in [4.69, 9.17) is 11.5 Å². The van der Waals surface area contributed by atoms with Crippen molar-refractivity contribution in [2.24, 2.45) is 0 Å². The summed E-state index contributed by atoms with van der Waals surface area (Å²) in [5.41, 5.74) is 13.4. The van der Waals surface area contributed by atoms with E-state index in [0.717, 1.165) is 21.8 Å². The number of fused-ring (bicyclic) bond motifs is 2. The average molecular weight is 186 g/mol. The van der Waals surface area contributed by atoms with Crippen LogP contribution in [-0.4, -0.2) is 9.97 Å². The average Bonchev–Trinajstić information content (AvgIpc) is 2.59. The summed E-state index contributed by atoms with van der Waals surface area (Å²) < 4.78 is 0. The van der Waals surface area contributed by atoms with E-state index in [0.29, 0.717) is 11.6 Å². The molecule has 1 aromatic carbocycles. The zero-order valence-electron chi connectivity index (χ0n) is 7.46. The van der Waals surface area contributed by atoms with Crippen molar-refractivity contribution >= 4 is 33.4 Å². The zero-order valence-corrected chi connectivity index (χ0v) is 7.46. The number of hydrogen-bond donors (Lipinski definition) is 4. The number of rotatable bonds is 0. The molecule has 2 heterocycles. The molecule has 0 aliphatic heterocycles. The second-order valence-corrected chi connectivity index (χ2v) is 3.48. The summed E-state index contributed by atoms with van der Waals surface area (Å²) in [5, 5.41) is 2.19. The summed E-state index contributed by atoms with van der Waals surface area (Å²) >= 11 is 0. The fourth-order valence-electron chi connectivity index (χ4n) is 1.81. The quantitative estimate of drug-likeness (QED) is 0.431. The molecule has 4 heteroatoms. The van der Waals surface area contributed by atoms with Gasteiger partial charge in [0, 0.05) is 21.8 Å². The van der Waals surface area contributed by atoms with Gasteiger partial charge >= 0.3 is 0 Å². The molecule has 0 amide bonds. The summed E-state index contributed by atoms with van der Waals surface area (Å²) in [6.45, 7) is 0.